The smallest absolute Gasteiger partial charge is 0.257 e. The van der Waals surface area contributed by atoms with Crippen molar-refractivity contribution in [2.24, 2.45) is 0 Å². The van der Waals surface area contributed by atoms with E-state index in [1.165, 1.54) is 5.56 Å². The number of amides is 1. The predicted molar refractivity (Wildman–Crippen MR) is 125 cm³/mol. The van der Waals surface area contributed by atoms with Gasteiger partial charge in [-0.3, -0.25) is 4.79 Å². The van der Waals surface area contributed by atoms with Crippen LogP contribution in [-0.2, 0) is 9.47 Å². The van der Waals surface area contributed by atoms with Crippen molar-refractivity contribution in [1.82, 2.24) is 4.90 Å². The van der Waals surface area contributed by atoms with Crippen molar-refractivity contribution in [3.63, 3.8) is 0 Å². The molecule has 2 unspecified atom stereocenters. The van der Waals surface area contributed by atoms with Crippen LogP contribution in [0.2, 0.25) is 0 Å². The summed E-state index contributed by atoms with van der Waals surface area (Å²) in [6.45, 7) is 8.07. The molecular weight excluding hydrogens is 402 g/mol. The summed E-state index contributed by atoms with van der Waals surface area (Å²) in [6.07, 6.45) is 3.64. The summed E-state index contributed by atoms with van der Waals surface area (Å²) in [5.41, 5.74) is 1.59. The highest BCUT2D eigenvalue weighted by atomic mass is 16.5. The third-order valence-corrected chi connectivity index (χ3v) is 6.48. The van der Waals surface area contributed by atoms with Crippen molar-refractivity contribution in [3.05, 3.63) is 65.7 Å². The van der Waals surface area contributed by atoms with Crippen LogP contribution in [0.15, 0.2) is 54.6 Å². The van der Waals surface area contributed by atoms with E-state index < -0.39 is 0 Å². The molecule has 0 aliphatic carbocycles. The maximum Gasteiger partial charge on any atom is 0.257 e. The quantitative estimate of drug-likeness (QED) is 0.607. The van der Waals surface area contributed by atoms with Crippen LogP contribution in [0.25, 0.3) is 0 Å². The van der Waals surface area contributed by atoms with E-state index >= 15 is 0 Å². The molecule has 5 heteroatoms. The lowest BCUT2D eigenvalue weighted by atomic mass is 9.80. The zero-order valence-corrected chi connectivity index (χ0v) is 19.5. The summed E-state index contributed by atoms with van der Waals surface area (Å²) < 4.78 is 18.7. The Bertz CT molecular complexity index is 890. The summed E-state index contributed by atoms with van der Waals surface area (Å²) in [7, 11) is 0. The van der Waals surface area contributed by atoms with E-state index in [0.717, 1.165) is 25.7 Å². The zero-order valence-electron chi connectivity index (χ0n) is 19.5. The molecule has 2 aliphatic rings. The topological polar surface area (TPSA) is 48.0 Å². The Balaban J connectivity index is 1.47. The second kappa shape index (κ2) is 10.1. The van der Waals surface area contributed by atoms with Crippen LogP contribution >= 0.6 is 0 Å². The van der Waals surface area contributed by atoms with Gasteiger partial charge in [0, 0.05) is 32.5 Å². The molecule has 2 aliphatic heterocycles. The molecule has 0 saturated carbocycles. The number of nitrogens with zero attached hydrogens (tertiary/aromatic N) is 1. The molecule has 0 N–H and O–H groups in total. The lowest BCUT2D eigenvalue weighted by Gasteiger charge is -2.48. The van der Waals surface area contributed by atoms with Crippen LogP contribution in [0.4, 0.5) is 0 Å². The van der Waals surface area contributed by atoms with Gasteiger partial charge in [0.15, 0.2) is 0 Å². The second-order valence-corrected chi connectivity index (χ2v) is 9.17. The van der Waals surface area contributed by atoms with Gasteiger partial charge in [-0.1, -0.05) is 42.5 Å². The Morgan fingerprint density at radius 3 is 2.47 bits per heavy atom. The molecular formula is C27H35NO4. The number of hydrogen-bond donors (Lipinski definition) is 0. The minimum absolute atomic E-state index is 0.0228. The SMILES string of the molecule is CCOC1CC(c2ccccc2)OC2(CCN(C(=O)c3ccccc3OC(C)C)CC2)C1. The van der Waals surface area contributed by atoms with E-state index in [2.05, 4.69) is 31.2 Å². The van der Waals surface area contributed by atoms with Gasteiger partial charge in [0.2, 0.25) is 0 Å². The fraction of sp³-hybridized carbons (Fsp3) is 0.519. The molecule has 2 saturated heterocycles. The van der Waals surface area contributed by atoms with E-state index in [1.807, 2.05) is 49.1 Å². The minimum Gasteiger partial charge on any atom is -0.490 e. The summed E-state index contributed by atoms with van der Waals surface area (Å²) in [5.74, 6) is 0.690. The van der Waals surface area contributed by atoms with E-state index in [1.54, 1.807) is 0 Å². The van der Waals surface area contributed by atoms with Crippen molar-refractivity contribution in [2.75, 3.05) is 19.7 Å². The summed E-state index contributed by atoms with van der Waals surface area (Å²) in [6, 6.07) is 18.0. The highest BCUT2D eigenvalue weighted by Crippen LogP contribution is 2.44. The Morgan fingerprint density at radius 2 is 1.78 bits per heavy atom. The number of carbonyl (C=O) groups is 1. The van der Waals surface area contributed by atoms with Crippen LogP contribution in [0, 0.1) is 0 Å². The predicted octanol–water partition coefficient (Wildman–Crippen LogP) is 5.41. The summed E-state index contributed by atoms with van der Waals surface area (Å²) in [4.78, 5) is 15.2. The first-order valence-electron chi connectivity index (χ1n) is 11.9. The number of ether oxygens (including phenoxy) is 3. The molecule has 172 valence electrons. The van der Waals surface area contributed by atoms with Crippen molar-refractivity contribution in [2.45, 2.75) is 70.4 Å². The zero-order chi connectivity index (χ0) is 22.6. The number of carbonyl (C=O) groups excluding carboxylic acids is 1. The molecule has 2 heterocycles. The van der Waals surface area contributed by atoms with Crippen LogP contribution in [0.3, 0.4) is 0 Å². The van der Waals surface area contributed by atoms with E-state index in [0.29, 0.717) is 31.0 Å². The number of benzene rings is 2. The number of likely N-dealkylation sites (tertiary alicyclic amines) is 1. The standard InChI is InChI=1S/C27H35NO4/c1-4-30-22-18-25(21-10-6-5-7-11-21)32-27(19-22)14-16-28(17-15-27)26(29)23-12-8-9-13-24(23)31-20(2)3/h5-13,20,22,25H,4,14-19H2,1-3H3. The van der Waals surface area contributed by atoms with Gasteiger partial charge in [0.1, 0.15) is 5.75 Å². The van der Waals surface area contributed by atoms with Crippen LogP contribution in [0.1, 0.15) is 68.5 Å². The first-order valence-corrected chi connectivity index (χ1v) is 11.9. The van der Waals surface area contributed by atoms with Gasteiger partial charge < -0.3 is 19.1 Å². The fourth-order valence-corrected chi connectivity index (χ4v) is 4.98. The van der Waals surface area contributed by atoms with Gasteiger partial charge in [-0.2, -0.15) is 0 Å². The Morgan fingerprint density at radius 1 is 1.09 bits per heavy atom. The third kappa shape index (κ3) is 5.16. The first kappa shape index (κ1) is 22.8. The molecule has 2 fully saturated rings. The normalized spacial score (nSPS) is 22.8. The van der Waals surface area contributed by atoms with Gasteiger partial charge >= 0.3 is 0 Å². The van der Waals surface area contributed by atoms with Crippen molar-refractivity contribution in [1.29, 1.82) is 0 Å². The molecule has 0 radical (unpaired) electrons. The largest absolute Gasteiger partial charge is 0.490 e. The number of hydrogen-bond acceptors (Lipinski definition) is 4. The lowest BCUT2D eigenvalue weighted by Crippen LogP contribution is -2.52. The fourth-order valence-electron chi connectivity index (χ4n) is 4.98. The van der Waals surface area contributed by atoms with Crippen molar-refractivity contribution >= 4 is 5.91 Å². The molecule has 0 aromatic heterocycles. The van der Waals surface area contributed by atoms with Crippen LogP contribution in [0.5, 0.6) is 5.75 Å². The molecule has 2 aromatic carbocycles. The molecule has 0 bridgehead atoms. The number of piperidine rings is 1. The summed E-state index contributed by atoms with van der Waals surface area (Å²) in [5, 5.41) is 0. The Hall–Kier alpha value is -2.37. The van der Waals surface area contributed by atoms with Gasteiger partial charge in [-0.25, -0.2) is 0 Å². The van der Waals surface area contributed by atoms with Gasteiger partial charge in [-0.05, 0) is 51.3 Å². The van der Waals surface area contributed by atoms with Gasteiger partial charge in [0.05, 0.1) is 29.5 Å². The highest BCUT2D eigenvalue weighted by molar-refractivity contribution is 5.97. The first-order chi connectivity index (χ1) is 15.5. The Labute approximate surface area is 191 Å². The van der Waals surface area contributed by atoms with E-state index in [4.69, 9.17) is 14.2 Å². The highest BCUT2D eigenvalue weighted by Gasteiger charge is 2.45. The van der Waals surface area contributed by atoms with E-state index in [-0.39, 0.29) is 29.8 Å². The average molecular weight is 438 g/mol. The molecule has 1 amide bonds. The van der Waals surface area contributed by atoms with Gasteiger partial charge in [0.25, 0.3) is 5.91 Å². The Kier molecular flexibility index (Phi) is 7.17. The minimum atomic E-state index is -0.247. The molecule has 32 heavy (non-hydrogen) atoms. The monoisotopic (exact) mass is 437 g/mol. The van der Waals surface area contributed by atoms with Gasteiger partial charge in [-0.15, -0.1) is 0 Å². The molecule has 5 nitrogen and oxygen atoms in total. The average Bonchev–Trinajstić information content (AvgIpc) is 2.80. The van der Waals surface area contributed by atoms with Crippen LogP contribution in [-0.4, -0.2) is 48.3 Å². The molecule has 2 aromatic rings. The third-order valence-electron chi connectivity index (χ3n) is 6.48. The van der Waals surface area contributed by atoms with Crippen LogP contribution < -0.4 is 4.74 Å². The van der Waals surface area contributed by atoms with Crippen molar-refractivity contribution in [3.8, 4) is 5.75 Å². The lowest BCUT2D eigenvalue weighted by molar-refractivity contribution is -0.190. The maximum atomic E-state index is 13.3. The van der Waals surface area contributed by atoms with E-state index in [9.17, 15) is 4.79 Å². The maximum absolute atomic E-state index is 13.3. The molecule has 1 spiro atoms. The number of rotatable bonds is 6. The van der Waals surface area contributed by atoms with Crippen molar-refractivity contribution < 1.29 is 19.0 Å². The summed E-state index contributed by atoms with van der Waals surface area (Å²) >= 11 is 0. The molecule has 4 rings (SSSR count). The second-order valence-electron chi connectivity index (χ2n) is 9.17. The molecule has 2 atom stereocenters. The number of para-hydroxylation sites is 1.